The molecular formula is C28H40N2O5S. The maximum absolute atomic E-state index is 13.2. The van der Waals surface area contributed by atoms with Gasteiger partial charge in [0, 0.05) is 18.9 Å². The van der Waals surface area contributed by atoms with E-state index in [2.05, 4.69) is 18.0 Å². The third-order valence-electron chi connectivity index (χ3n) is 7.52. The molecule has 4 N–H and O–H groups in total. The first-order chi connectivity index (χ1) is 16.9. The number of ether oxygens (including phenoxy) is 1. The first-order valence-corrected chi connectivity index (χ1v) is 13.6. The average Bonchev–Trinajstić information content (AvgIpc) is 3.26. The molecule has 0 radical (unpaired) electrons. The van der Waals surface area contributed by atoms with Gasteiger partial charge >= 0.3 is 5.97 Å². The smallest absolute Gasteiger partial charge is 0.309 e. The molecule has 0 amide bonds. The zero-order valence-electron chi connectivity index (χ0n) is 22.0. The van der Waals surface area contributed by atoms with Crippen molar-refractivity contribution in [2.45, 2.75) is 91.6 Å². The van der Waals surface area contributed by atoms with Crippen LogP contribution in [0.2, 0.25) is 0 Å². The fourth-order valence-corrected chi connectivity index (χ4v) is 5.66. The van der Waals surface area contributed by atoms with Crippen molar-refractivity contribution in [3.8, 4) is 0 Å². The zero-order chi connectivity index (χ0) is 26.6. The summed E-state index contributed by atoms with van der Waals surface area (Å²) in [6.07, 6.45) is 2.21. The summed E-state index contributed by atoms with van der Waals surface area (Å²) in [6, 6.07) is 5.84. The molecule has 0 bridgehead atoms. The number of carbonyl (C=O) groups is 2. The average molecular weight is 517 g/mol. The number of Topliss-reactive ketones (excluding diaryl/α,β-unsaturated/α-hetero) is 1. The van der Waals surface area contributed by atoms with Crippen molar-refractivity contribution >= 4 is 33.3 Å². The van der Waals surface area contributed by atoms with Crippen LogP contribution in [0.5, 0.6) is 0 Å². The monoisotopic (exact) mass is 516 g/mol. The summed E-state index contributed by atoms with van der Waals surface area (Å²) >= 11 is 1.54. The Hall–Kier alpha value is -2.13. The van der Waals surface area contributed by atoms with Crippen LogP contribution in [0.1, 0.15) is 83.4 Å². The number of aliphatic hydroxyl groups excluding tert-OH is 2. The fourth-order valence-electron chi connectivity index (χ4n) is 4.83. The molecule has 2 heterocycles. The van der Waals surface area contributed by atoms with Gasteiger partial charge in [0.1, 0.15) is 16.9 Å². The number of thiazole rings is 1. The van der Waals surface area contributed by atoms with Gasteiger partial charge in [0.15, 0.2) is 0 Å². The molecule has 7 nitrogen and oxygen atoms in total. The number of cyclic esters (lactones) is 1. The lowest BCUT2D eigenvalue weighted by Gasteiger charge is -2.34. The maximum atomic E-state index is 13.2. The number of rotatable bonds is 2. The Morgan fingerprint density at radius 3 is 2.64 bits per heavy atom. The number of carbonyl (C=O) groups excluding carboxylic acids is 2. The molecule has 0 saturated carbocycles. The SMILES string of the molecule is C/C1=C/C[C@@H](c2ccc3sc(CN)nc3c2)OC(=O)C[C@H](O)C(C)(C)C(=O)[C@H](C)[C@@H](O)[C@@H](C)CCC1. The van der Waals surface area contributed by atoms with Gasteiger partial charge in [-0.3, -0.25) is 9.59 Å². The molecule has 8 heteroatoms. The first kappa shape index (κ1) is 28.4. The van der Waals surface area contributed by atoms with Crippen molar-refractivity contribution in [1.82, 2.24) is 4.98 Å². The minimum atomic E-state index is -1.23. The highest BCUT2D eigenvalue weighted by Crippen LogP contribution is 2.34. The van der Waals surface area contributed by atoms with E-state index in [0.717, 1.165) is 40.1 Å². The van der Waals surface area contributed by atoms with E-state index >= 15 is 0 Å². The number of ketones is 1. The Bertz CT molecular complexity index is 1110. The van der Waals surface area contributed by atoms with E-state index < -0.39 is 35.6 Å². The molecule has 0 unspecified atom stereocenters. The molecule has 1 aliphatic heterocycles. The lowest BCUT2D eigenvalue weighted by Crippen LogP contribution is -2.45. The van der Waals surface area contributed by atoms with Gasteiger partial charge in [-0.1, -0.05) is 45.4 Å². The molecule has 0 aliphatic carbocycles. The van der Waals surface area contributed by atoms with Crippen molar-refractivity contribution < 1.29 is 24.5 Å². The number of hydrogen-bond donors (Lipinski definition) is 3. The maximum Gasteiger partial charge on any atom is 0.309 e. The summed E-state index contributed by atoms with van der Waals surface area (Å²) in [6.45, 7) is 9.33. The lowest BCUT2D eigenvalue weighted by molar-refractivity contribution is -0.155. The van der Waals surface area contributed by atoms with Gasteiger partial charge in [0.25, 0.3) is 0 Å². The fraction of sp³-hybridized carbons (Fsp3) is 0.607. The number of benzene rings is 1. The van der Waals surface area contributed by atoms with Gasteiger partial charge in [-0.05, 0) is 49.8 Å². The van der Waals surface area contributed by atoms with Gasteiger partial charge in [-0.2, -0.15) is 0 Å². The van der Waals surface area contributed by atoms with E-state index in [1.165, 1.54) is 5.57 Å². The highest BCUT2D eigenvalue weighted by atomic mass is 32.1. The van der Waals surface area contributed by atoms with E-state index in [4.69, 9.17) is 10.5 Å². The Balaban J connectivity index is 1.91. The van der Waals surface area contributed by atoms with E-state index in [1.807, 2.05) is 25.1 Å². The third kappa shape index (κ3) is 6.59. The predicted molar refractivity (Wildman–Crippen MR) is 142 cm³/mol. The number of nitrogens with zero attached hydrogens (tertiary/aromatic N) is 1. The van der Waals surface area contributed by atoms with Crippen molar-refractivity contribution in [1.29, 1.82) is 0 Å². The zero-order valence-corrected chi connectivity index (χ0v) is 22.8. The number of allylic oxidation sites excluding steroid dienone is 1. The number of esters is 1. The van der Waals surface area contributed by atoms with E-state index in [-0.39, 0.29) is 18.1 Å². The van der Waals surface area contributed by atoms with Crippen LogP contribution in [-0.2, 0) is 20.9 Å². The second-order valence-corrected chi connectivity index (χ2v) is 11.9. The van der Waals surface area contributed by atoms with Crippen LogP contribution < -0.4 is 5.73 Å². The summed E-state index contributed by atoms with van der Waals surface area (Å²) in [7, 11) is 0. The van der Waals surface area contributed by atoms with Gasteiger partial charge < -0.3 is 20.7 Å². The summed E-state index contributed by atoms with van der Waals surface area (Å²) in [5, 5.41) is 22.5. The van der Waals surface area contributed by atoms with E-state index in [1.54, 1.807) is 32.1 Å². The summed E-state index contributed by atoms with van der Waals surface area (Å²) in [4.78, 5) is 30.8. The number of nitrogens with two attached hydrogens (primary N) is 1. The van der Waals surface area contributed by atoms with Gasteiger partial charge in [0.2, 0.25) is 0 Å². The molecule has 3 rings (SSSR count). The highest BCUT2D eigenvalue weighted by molar-refractivity contribution is 7.18. The first-order valence-electron chi connectivity index (χ1n) is 12.8. The molecule has 1 aromatic heterocycles. The lowest BCUT2D eigenvalue weighted by atomic mass is 9.73. The quantitative estimate of drug-likeness (QED) is 0.386. The molecule has 36 heavy (non-hydrogen) atoms. The molecule has 1 aromatic carbocycles. The number of aromatic nitrogens is 1. The van der Waals surface area contributed by atoms with Crippen LogP contribution in [-0.4, -0.2) is 39.2 Å². The topological polar surface area (TPSA) is 123 Å². The largest absolute Gasteiger partial charge is 0.457 e. The van der Waals surface area contributed by atoms with Crippen LogP contribution in [0.3, 0.4) is 0 Å². The van der Waals surface area contributed by atoms with E-state index in [9.17, 15) is 19.8 Å². The Labute approximate surface area is 217 Å². The number of aliphatic hydroxyl groups is 2. The molecule has 0 saturated heterocycles. The van der Waals surface area contributed by atoms with Gasteiger partial charge in [-0.15, -0.1) is 11.3 Å². The second-order valence-electron chi connectivity index (χ2n) is 10.8. The minimum absolute atomic E-state index is 0.0569. The van der Waals surface area contributed by atoms with Crippen LogP contribution in [0, 0.1) is 17.3 Å². The molecular weight excluding hydrogens is 476 g/mol. The standard InChI is InChI=1S/C28H40N2O5S/c1-16-7-6-8-17(2)26(33)18(3)27(34)28(4,5)23(31)14-25(32)35-21(11-9-16)19-10-12-22-20(13-19)30-24(15-29)36-22/h9-10,12-13,17-18,21,23,26,31,33H,6-8,11,14-15,29H2,1-5H3/b16-9-/t17-,18+,21-,23-,26-/m0/s1. The van der Waals surface area contributed by atoms with E-state index in [0.29, 0.717) is 13.0 Å². The van der Waals surface area contributed by atoms with Crippen molar-refractivity contribution in [2.24, 2.45) is 23.0 Å². The summed E-state index contributed by atoms with van der Waals surface area (Å²) in [5.41, 5.74) is 7.36. The molecule has 198 valence electrons. The number of hydrogen-bond acceptors (Lipinski definition) is 8. The Morgan fingerprint density at radius 2 is 1.94 bits per heavy atom. The summed E-state index contributed by atoms with van der Waals surface area (Å²) < 4.78 is 6.90. The van der Waals surface area contributed by atoms with Crippen LogP contribution in [0.4, 0.5) is 0 Å². The normalized spacial score (nSPS) is 30.6. The van der Waals surface area contributed by atoms with Crippen molar-refractivity contribution in [2.75, 3.05) is 0 Å². The second kappa shape index (κ2) is 11.9. The van der Waals surface area contributed by atoms with Gasteiger partial charge in [-0.25, -0.2) is 4.98 Å². The summed E-state index contributed by atoms with van der Waals surface area (Å²) in [5.74, 6) is -1.54. The number of fused-ring (bicyclic) bond motifs is 1. The van der Waals surface area contributed by atoms with Crippen molar-refractivity contribution in [3.63, 3.8) is 0 Å². The predicted octanol–water partition coefficient (Wildman–Crippen LogP) is 4.84. The Kier molecular flexibility index (Phi) is 9.44. The molecule has 0 spiro atoms. The van der Waals surface area contributed by atoms with Crippen LogP contribution in [0.15, 0.2) is 29.8 Å². The molecule has 0 fully saturated rings. The Morgan fingerprint density at radius 1 is 1.22 bits per heavy atom. The van der Waals surface area contributed by atoms with Crippen molar-refractivity contribution in [3.05, 3.63) is 40.4 Å². The molecule has 5 atom stereocenters. The van der Waals surface area contributed by atoms with Crippen LogP contribution >= 0.6 is 11.3 Å². The molecule has 2 aromatic rings. The minimum Gasteiger partial charge on any atom is -0.457 e. The molecule has 1 aliphatic rings. The highest BCUT2D eigenvalue weighted by Gasteiger charge is 2.42. The van der Waals surface area contributed by atoms with Gasteiger partial charge in [0.05, 0.1) is 34.3 Å². The van der Waals surface area contributed by atoms with Crippen LogP contribution in [0.25, 0.3) is 10.2 Å². The third-order valence-corrected chi connectivity index (χ3v) is 8.58.